The first kappa shape index (κ1) is 11.3. The van der Waals surface area contributed by atoms with Gasteiger partial charge in [0.05, 0.1) is 5.56 Å². The highest BCUT2D eigenvalue weighted by atomic mass is 16.1. The summed E-state index contributed by atoms with van der Waals surface area (Å²) in [5.74, 6) is 1.02. The minimum Gasteiger partial charge on any atom is -0.368 e. The van der Waals surface area contributed by atoms with Crippen LogP contribution in [0.1, 0.15) is 43.0 Å². The largest absolute Gasteiger partial charge is 0.368 e. The van der Waals surface area contributed by atoms with Gasteiger partial charge < -0.3 is 10.3 Å². The number of anilines is 1. The lowest BCUT2D eigenvalue weighted by atomic mass is 10.1. The maximum atomic E-state index is 11.9. The Morgan fingerprint density at radius 2 is 2.00 bits per heavy atom. The molecule has 1 aliphatic carbocycles. The Bertz CT molecular complexity index is 579. The predicted molar refractivity (Wildman–Crippen MR) is 74.2 cm³/mol. The van der Waals surface area contributed by atoms with Gasteiger partial charge in [-0.3, -0.25) is 4.79 Å². The van der Waals surface area contributed by atoms with Crippen LogP contribution in [-0.4, -0.2) is 16.8 Å². The number of ketones is 1. The molecule has 1 aliphatic rings. The molecule has 1 heterocycles. The van der Waals surface area contributed by atoms with Gasteiger partial charge in [0.1, 0.15) is 5.82 Å². The van der Waals surface area contributed by atoms with Gasteiger partial charge in [-0.15, -0.1) is 0 Å². The fraction of sp³-hybridized carbons (Fsp3) is 0.400. The van der Waals surface area contributed by atoms with Crippen molar-refractivity contribution in [2.45, 2.75) is 38.6 Å². The molecule has 0 amide bonds. The van der Waals surface area contributed by atoms with Gasteiger partial charge in [-0.2, -0.15) is 0 Å². The average Bonchev–Trinajstić information content (AvgIpc) is 2.95. The molecule has 1 saturated carbocycles. The Morgan fingerprint density at radius 3 is 2.72 bits per heavy atom. The van der Waals surface area contributed by atoms with E-state index in [1.807, 2.05) is 24.3 Å². The highest BCUT2D eigenvalue weighted by Crippen LogP contribution is 2.29. The number of hydrogen-bond acceptors (Lipinski definition) is 2. The van der Waals surface area contributed by atoms with Crippen LogP contribution in [0.4, 0.5) is 5.82 Å². The number of fused-ring (bicyclic) bond motifs is 1. The molecular formula is C15H18N2O. The molecule has 3 heteroatoms. The number of aromatic amines is 1. The molecule has 0 aliphatic heterocycles. The Morgan fingerprint density at radius 1 is 1.28 bits per heavy atom. The summed E-state index contributed by atoms with van der Waals surface area (Å²) in [6.07, 6.45) is 4.97. The number of aromatic nitrogens is 1. The zero-order chi connectivity index (χ0) is 12.5. The summed E-state index contributed by atoms with van der Waals surface area (Å²) in [6, 6.07) is 8.49. The second-order valence-corrected chi connectivity index (χ2v) is 5.10. The van der Waals surface area contributed by atoms with E-state index in [0.29, 0.717) is 6.04 Å². The summed E-state index contributed by atoms with van der Waals surface area (Å²) in [5, 5.41) is 4.52. The number of nitrogens with one attached hydrogen (secondary N) is 2. The first-order chi connectivity index (χ1) is 8.75. The molecule has 3 rings (SSSR count). The highest BCUT2D eigenvalue weighted by molar-refractivity contribution is 6.11. The molecule has 0 radical (unpaired) electrons. The van der Waals surface area contributed by atoms with Crippen molar-refractivity contribution < 1.29 is 4.79 Å². The molecular weight excluding hydrogens is 224 g/mol. The number of carbonyl (C=O) groups excluding carboxylic acids is 1. The van der Waals surface area contributed by atoms with Crippen molar-refractivity contribution in [3.63, 3.8) is 0 Å². The lowest BCUT2D eigenvalue weighted by Crippen LogP contribution is -2.16. The van der Waals surface area contributed by atoms with Crippen LogP contribution < -0.4 is 5.32 Å². The number of rotatable bonds is 3. The third kappa shape index (κ3) is 1.90. The SMILES string of the molecule is CC(=O)c1c(NC2CCCC2)[nH]c2ccccc12. The van der Waals surface area contributed by atoms with Crippen LogP contribution in [0.5, 0.6) is 0 Å². The van der Waals surface area contributed by atoms with Crippen LogP contribution in [0, 0.1) is 0 Å². The smallest absolute Gasteiger partial charge is 0.164 e. The van der Waals surface area contributed by atoms with Gasteiger partial charge in [0.25, 0.3) is 0 Å². The van der Waals surface area contributed by atoms with E-state index in [2.05, 4.69) is 10.3 Å². The van der Waals surface area contributed by atoms with E-state index < -0.39 is 0 Å². The van der Waals surface area contributed by atoms with E-state index in [9.17, 15) is 4.79 Å². The van der Waals surface area contributed by atoms with Crippen LogP contribution >= 0.6 is 0 Å². The Kier molecular flexibility index (Phi) is 2.82. The maximum Gasteiger partial charge on any atom is 0.164 e. The maximum absolute atomic E-state index is 11.9. The number of Topliss-reactive ketones (excluding diaryl/α,β-unsaturated/α-hetero) is 1. The lowest BCUT2D eigenvalue weighted by Gasteiger charge is -2.12. The van der Waals surface area contributed by atoms with Crippen molar-refractivity contribution in [3.8, 4) is 0 Å². The minimum atomic E-state index is 0.118. The Labute approximate surface area is 107 Å². The van der Waals surface area contributed by atoms with Crippen molar-refractivity contribution in [3.05, 3.63) is 29.8 Å². The molecule has 18 heavy (non-hydrogen) atoms. The van der Waals surface area contributed by atoms with E-state index in [-0.39, 0.29) is 5.78 Å². The van der Waals surface area contributed by atoms with Gasteiger partial charge in [0.2, 0.25) is 0 Å². The molecule has 1 fully saturated rings. The van der Waals surface area contributed by atoms with Crippen molar-refractivity contribution in [2.75, 3.05) is 5.32 Å². The Hall–Kier alpha value is -1.77. The van der Waals surface area contributed by atoms with E-state index in [4.69, 9.17) is 0 Å². The normalized spacial score (nSPS) is 16.3. The second kappa shape index (κ2) is 4.48. The number of carbonyl (C=O) groups is 1. The van der Waals surface area contributed by atoms with E-state index >= 15 is 0 Å². The third-order valence-electron chi connectivity index (χ3n) is 3.76. The number of H-pyrrole nitrogens is 1. The third-order valence-corrected chi connectivity index (χ3v) is 3.76. The Balaban J connectivity index is 2.03. The van der Waals surface area contributed by atoms with Crippen LogP contribution in [0.2, 0.25) is 0 Å². The number of hydrogen-bond donors (Lipinski definition) is 2. The quantitative estimate of drug-likeness (QED) is 0.805. The average molecular weight is 242 g/mol. The minimum absolute atomic E-state index is 0.118. The summed E-state index contributed by atoms with van der Waals surface area (Å²) in [6.45, 7) is 1.63. The summed E-state index contributed by atoms with van der Waals surface area (Å²) in [5.41, 5.74) is 1.83. The monoisotopic (exact) mass is 242 g/mol. The predicted octanol–water partition coefficient (Wildman–Crippen LogP) is 3.73. The molecule has 1 aromatic heterocycles. The van der Waals surface area contributed by atoms with Crippen LogP contribution in [0.15, 0.2) is 24.3 Å². The van der Waals surface area contributed by atoms with Gasteiger partial charge >= 0.3 is 0 Å². The fourth-order valence-corrected chi connectivity index (χ4v) is 2.89. The molecule has 0 spiro atoms. The zero-order valence-corrected chi connectivity index (χ0v) is 10.6. The van der Waals surface area contributed by atoms with Gasteiger partial charge in [-0.05, 0) is 25.8 Å². The van der Waals surface area contributed by atoms with E-state index in [1.54, 1.807) is 6.92 Å². The molecule has 1 aromatic carbocycles. The summed E-state index contributed by atoms with van der Waals surface area (Å²) in [7, 11) is 0. The van der Waals surface area contributed by atoms with Crippen LogP contribution in [0.3, 0.4) is 0 Å². The van der Waals surface area contributed by atoms with E-state index in [0.717, 1.165) is 22.3 Å². The molecule has 0 unspecified atom stereocenters. The van der Waals surface area contributed by atoms with Crippen molar-refractivity contribution in [1.82, 2.24) is 4.98 Å². The molecule has 2 N–H and O–H groups in total. The number of benzene rings is 1. The lowest BCUT2D eigenvalue weighted by molar-refractivity contribution is 0.102. The van der Waals surface area contributed by atoms with Crippen molar-refractivity contribution >= 4 is 22.5 Å². The summed E-state index contributed by atoms with van der Waals surface area (Å²) >= 11 is 0. The zero-order valence-electron chi connectivity index (χ0n) is 10.6. The van der Waals surface area contributed by atoms with Gasteiger partial charge in [-0.25, -0.2) is 0 Å². The molecule has 94 valence electrons. The standard InChI is InChI=1S/C15H18N2O/c1-10(18)14-12-8-4-5-9-13(12)17-15(14)16-11-6-2-3-7-11/h4-5,8-9,11,16-17H,2-3,6-7H2,1H3. The summed E-state index contributed by atoms with van der Waals surface area (Å²) < 4.78 is 0. The van der Waals surface area contributed by atoms with E-state index in [1.165, 1.54) is 25.7 Å². The van der Waals surface area contributed by atoms with Gasteiger partial charge in [0, 0.05) is 16.9 Å². The van der Waals surface area contributed by atoms with Gasteiger partial charge in [0.15, 0.2) is 5.78 Å². The second-order valence-electron chi connectivity index (χ2n) is 5.10. The molecule has 0 bridgehead atoms. The molecule has 3 nitrogen and oxygen atoms in total. The topological polar surface area (TPSA) is 44.9 Å². The first-order valence-electron chi connectivity index (χ1n) is 6.64. The first-order valence-corrected chi connectivity index (χ1v) is 6.64. The molecule has 0 atom stereocenters. The van der Waals surface area contributed by atoms with Crippen LogP contribution in [0.25, 0.3) is 10.9 Å². The fourth-order valence-electron chi connectivity index (χ4n) is 2.89. The molecule has 0 saturated heterocycles. The molecule has 2 aromatic rings. The van der Waals surface area contributed by atoms with Gasteiger partial charge in [-0.1, -0.05) is 31.0 Å². The summed E-state index contributed by atoms with van der Waals surface area (Å²) in [4.78, 5) is 15.2. The highest BCUT2D eigenvalue weighted by Gasteiger charge is 2.20. The van der Waals surface area contributed by atoms with Crippen molar-refractivity contribution in [1.29, 1.82) is 0 Å². The van der Waals surface area contributed by atoms with Crippen LogP contribution in [-0.2, 0) is 0 Å². The van der Waals surface area contributed by atoms with Crippen molar-refractivity contribution in [2.24, 2.45) is 0 Å². The number of para-hydroxylation sites is 1.